The molecule has 1 atom stereocenters. The number of aromatic nitrogens is 1. The van der Waals surface area contributed by atoms with Gasteiger partial charge in [0, 0.05) is 29.8 Å². The maximum Gasteiger partial charge on any atom is 0.416 e. The van der Waals surface area contributed by atoms with Gasteiger partial charge in [-0.3, -0.25) is 4.79 Å². The molecule has 1 aromatic heterocycles. The molecule has 1 amide bonds. The van der Waals surface area contributed by atoms with Gasteiger partial charge in [0.15, 0.2) is 11.5 Å². The fraction of sp³-hybridized carbons (Fsp3) is 0.250. The van der Waals surface area contributed by atoms with Crippen LogP contribution in [0.4, 0.5) is 18.9 Å². The van der Waals surface area contributed by atoms with Crippen LogP contribution in [0.3, 0.4) is 0 Å². The molecule has 36 heavy (non-hydrogen) atoms. The van der Waals surface area contributed by atoms with Crippen molar-refractivity contribution in [2.45, 2.75) is 18.5 Å². The number of carbonyl (C=O) groups is 2. The highest BCUT2D eigenvalue weighted by molar-refractivity contribution is 6.04. The molecule has 2 N–H and O–H groups in total. The number of hydrogen-bond donors (Lipinski definition) is 2. The number of carbonyl (C=O) groups excluding carboxylic acids is 1. The summed E-state index contributed by atoms with van der Waals surface area (Å²) in [6.45, 7) is -0.0916. The Morgan fingerprint density at radius 3 is 2.58 bits per heavy atom. The summed E-state index contributed by atoms with van der Waals surface area (Å²) in [5.41, 5.74) is -0.435. The molecule has 3 aromatic rings. The molecule has 12 heteroatoms. The van der Waals surface area contributed by atoms with Crippen molar-refractivity contribution in [1.82, 2.24) is 4.57 Å². The number of benzene rings is 2. The van der Waals surface area contributed by atoms with Gasteiger partial charge >= 0.3 is 12.1 Å². The van der Waals surface area contributed by atoms with Crippen molar-refractivity contribution in [3.8, 4) is 28.7 Å². The lowest BCUT2D eigenvalue weighted by atomic mass is 9.87. The molecule has 0 saturated heterocycles. The van der Waals surface area contributed by atoms with Crippen molar-refractivity contribution in [3.05, 3.63) is 58.9 Å². The number of hydrogen-bond acceptors (Lipinski definition) is 6. The van der Waals surface area contributed by atoms with E-state index in [9.17, 15) is 27.9 Å². The average molecular weight is 504 g/mol. The number of carboxylic acid groups (broad SMARTS) is 1. The summed E-state index contributed by atoms with van der Waals surface area (Å²) < 4.78 is 63.7. The van der Waals surface area contributed by atoms with E-state index in [4.69, 9.17) is 18.9 Å². The molecule has 0 bridgehead atoms. The number of methoxy groups -OCH3 is 2. The van der Waals surface area contributed by atoms with Crippen molar-refractivity contribution in [2.24, 2.45) is 0 Å². The molecule has 0 radical (unpaired) electrons. The summed E-state index contributed by atoms with van der Waals surface area (Å²) in [4.78, 5) is 24.8. The van der Waals surface area contributed by atoms with Crippen molar-refractivity contribution in [3.63, 3.8) is 0 Å². The minimum atomic E-state index is -4.61. The van der Waals surface area contributed by atoms with Crippen molar-refractivity contribution >= 4 is 17.6 Å². The zero-order valence-corrected chi connectivity index (χ0v) is 18.9. The van der Waals surface area contributed by atoms with Gasteiger partial charge in [-0.25, -0.2) is 4.79 Å². The molecule has 0 spiro atoms. The van der Waals surface area contributed by atoms with Crippen molar-refractivity contribution in [2.75, 3.05) is 26.3 Å². The zero-order valence-electron chi connectivity index (χ0n) is 18.9. The van der Waals surface area contributed by atoms with Crippen molar-refractivity contribution < 1.29 is 46.8 Å². The lowest BCUT2D eigenvalue weighted by molar-refractivity contribution is -0.137. The Hall–Kier alpha value is -4.35. The summed E-state index contributed by atoms with van der Waals surface area (Å²) in [7, 11) is 2.81. The molecule has 9 nitrogen and oxygen atoms in total. The number of halogens is 3. The number of rotatable bonds is 5. The average Bonchev–Trinajstić information content (AvgIpc) is 3.47. The smallest absolute Gasteiger partial charge is 0.416 e. The minimum absolute atomic E-state index is 0.0140. The summed E-state index contributed by atoms with van der Waals surface area (Å²) >= 11 is 0. The Morgan fingerprint density at radius 1 is 1.17 bits per heavy atom. The molecule has 0 aliphatic carbocycles. The van der Waals surface area contributed by atoms with E-state index in [2.05, 4.69) is 5.32 Å². The predicted octanol–water partition coefficient (Wildman–Crippen LogP) is 4.41. The number of ether oxygens (including phenoxy) is 4. The first-order valence-electron chi connectivity index (χ1n) is 10.6. The predicted molar refractivity (Wildman–Crippen MR) is 118 cm³/mol. The van der Waals surface area contributed by atoms with Crippen LogP contribution in [0.2, 0.25) is 0 Å². The van der Waals surface area contributed by atoms with Gasteiger partial charge in [-0.05, 0) is 24.3 Å². The number of amides is 1. The highest BCUT2D eigenvalue weighted by Crippen LogP contribution is 2.54. The molecule has 0 unspecified atom stereocenters. The largest absolute Gasteiger partial charge is 0.493 e. The number of carboxylic acids is 1. The van der Waals surface area contributed by atoms with E-state index < -0.39 is 29.5 Å². The number of aromatic carboxylic acids is 1. The molecular weight excluding hydrogens is 485 g/mol. The Labute approximate surface area is 201 Å². The first kappa shape index (κ1) is 23.4. The first-order valence-corrected chi connectivity index (χ1v) is 10.6. The van der Waals surface area contributed by atoms with Gasteiger partial charge in [0.25, 0.3) is 0 Å². The molecule has 2 aliphatic rings. The topological polar surface area (TPSA) is 108 Å². The summed E-state index contributed by atoms with van der Waals surface area (Å²) in [5.74, 6) is -1.57. The van der Waals surface area contributed by atoms with Crippen molar-refractivity contribution in [1.29, 1.82) is 0 Å². The number of nitrogens with zero attached hydrogens (tertiary/aromatic N) is 1. The Bertz CT molecular complexity index is 1400. The summed E-state index contributed by atoms with van der Waals surface area (Å²) in [6, 6.07) is 6.07. The van der Waals surface area contributed by atoms with E-state index in [0.717, 1.165) is 12.1 Å². The van der Waals surface area contributed by atoms with Crippen LogP contribution in [0.15, 0.2) is 36.5 Å². The van der Waals surface area contributed by atoms with Crippen LogP contribution >= 0.6 is 0 Å². The SMILES string of the molecule is COc1cc([C@@H]2CC(=O)Nc3c(C(=O)O)cn(-c4cccc(C(F)(F)F)c4)c32)c(OC)c2c1OCO2. The lowest BCUT2D eigenvalue weighted by Gasteiger charge is -2.28. The molecule has 2 aliphatic heterocycles. The molecular formula is C24H19F3N2O7. The number of anilines is 1. The summed E-state index contributed by atoms with van der Waals surface area (Å²) in [5, 5.41) is 12.4. The van der Waals surface area contributed by atoms with Gasteiger partial charge in [-0.1, -0.05) is 6.07 Å². The van der Waals surface area contributed by atoms with Crippen LogP contribution < -0.4 is 24.3 Å². The third kappa shape index (κ3) is 3.65. The van der Waals surface area contributed by atoms with Crippen LogP contribution in [0, 0.1) is 0 Å². The Morgan fingerprint density at radius 2 is 1.92 bits per heavy atom. The molecule has 3 heterocycles. The van der Waals surface area contributed by atoms with E-state index in [-0.39, 0.29) is 47.3 Å². The van der Waals surface area contributed by atoms with E-state index >= 15 is 0 Å². The molecule has 2 aromatic carbocycles. The van der Waals surface area contributed by atoms with E-state index in [1.54, 1.807) is 6.07 Å². The van der Waals surface area contributed by atoms with E-state index in [1.807, 2.05) is 0 Å². The quantitative estimate of drug-likeness (QED) is 0.530. The minimum Gasteiger partial charge on any atom is -0.493 e. The maximum absolute atomic E-state index is 13.4. The van der Waals surface area contributed by atoms with Crippen LogP contribution in [0.1, 0.15) is 39.5 Å². The lowest BCUT2D eigenvalue weighted by Crippen LogP contribution is -2.26. The second kappa shape index (κ2) is 8.40. The fourth-order valence-corrected chi connectivity index (χ4v) is 4.59. The Balaban J connectivity index is 1.79. The van der Waals surface area contributed by atoms with Gasteiger partial charge < -0.3 is 33.9 Å². The standard InChI is InChI=1S/C24H19F3N2O7/c1-33-16-7-14(20(34-2)22-21(16)35-10-36-22)13-8-17(30)28-18-15(23(31)32)9-29(19(13)18)12-5-3-4-11(6-12)24(25,26)27/h3-7,9,13H,8,10H2,1-2H3,(H,28,30)(H,31,32)/t13-/m0/s1. The molecule has 0 fully saturated rings. The van der Waals surface area contributed by atoms with E-state index in [1.165, 1.54) is 37.1 Å². The molecule has 188 valence electrons. The summed E-state index contributed by atoms with van der Waals surface area (Å²) in [6.07, 6.45) is -3.56. The number of fused-ring (bicyclic) bond motifs is 2. The molecule has 5 rings (SSSR count). The van der Waals surface area contributed by atoms with Gasteiger partial charge in [0.1, 0.15) is 5.56 Å². The fourth-order valence-electron chi connectivity index (χ4n) is 4.59. The normalized spacial score (nSPS) is 16.4. The van der Waals surface area contributed by atoms with Gasteiger partial charge in [-0.2, -0.15) is 13.2 Å². The monoisotopic (exact) mass is 504 g/mol. The van der Waals surface area contributed by atoms with Gasteiger partial charge in [0.05, 0.1) is 31.2 Å². The van der Waals surface area contributed by atoms with Gasteiger partial charge in [-0.15, -0.1) is 0 Å². The van der Waals surface area contributed by atoms with Gasteiger partial charge in [0.2, 0.25) is 24.2 Å². The van der Waals surface area contributed by atoms with Crippen LogP contribution in [-0.4, -0.2) is 42.6 Å². The highest BCUT2D eigenvalue weighted by Gasteiger charge is 2.39. The second-order valence-corrected chi connectivity index (χ2v) is 8.10. The second-order valence-electron chi connectivity index (χ2n) is 8.10. The first-order chi connectivity index (χ1) is 17.1. The zero-order chi connectivity index (χ0) is 25.8. The van der Waals surface area contributed by atoms with Crippen LogP contribution in [0.5, 0.6) is 23.0 Å². The van der Waals surface area contributed by atoms with Crippen LogP contribution in [-0.2, 0) is 11.0 Å². The number of alkyl halides is 3. The third-order valence-electron chi connectivity index (χ3n) is 6.10. The number of nitrogens with one attached hydrogen (secondary N) is 1. The molecule has 0 saturated carbocycles. The third-order valence-corrected chi connectivity index (χ3v) is 6.10. The highest BCUT2D eigenvalue weighted by atomic mass is 19.4. The van der Waals surface area contributed by atoms with E-state index in [0.29, 0.717) is 17.1 Å². The van der Waals surface area contributed by atoms with Crippen LogP contribution in [0.25, 0.3) is 5.69 Å². The Kier molecular flexibility index (Phi) is 5.46. The maximum atomic E-state index is 13.4.